The fourth-order valence-electron chi connectivity index (χ4n) is 1.08. The lowest BCUT2D eigenvalue weighted by Crippen LogP contribution is -1.97. The molecule has 69 valence electrons. The predicted molar refractivity (Wildman–Crippen MR) is 55.6 cm³/mol. The van der Waals surface area contributed by atoms with E-state index < -0.39 is 0 Å². The van der Waals surface area contributed by atoms with Crippen LogP contribution in [0.4, 0.5) is 0 Å². The van der Waals surface area contributed by atoms with Gasteiger partial charge in [0.1, 0.15) is 5.75 Å². The number of para-hydroxylation sites is 1. The first-order valence-electron chi connectivity index (χ1n) is 4.65. The summed E-state index contributed by atoms with van der Waals surface area (Å²) in [5.41, 5.74) is 0.957. The van der Waals surface area contributed by atoms with E-state index in [1.165, 1.54) is 0 Å². The Morgan fingerprint density at radius 2 is 2.15 bits per heavy atom. The van der Waals surface area contributed by atoms with Gasteiger partial charge in [0.15, 0.2) is 0 Å². The fourth-order valence-corrected chi connectivity index (χ4v) is 1.08. The van der Waals surface area contributed by atoms with Crippen LogP contribution >= 0.6 is 0 Å². The van der Waals surface area contributed by atoms with Crippen LogP contribution in [0.1, 0.15) is 25.3 Å². The highest BCUT2D eigenvalue weighted by Crippen LogP contribution is 2.18. The third-order valence-electron chi connectivity index (χ3n) is 1.85. The van der Waals surface area contributed by atoms with Crippen LogP contribution in [-0.2, 0) is 0 Å². The summed E-state index contributed by atoms with van der Waals surface area (Å²) < 4.78 is 5.56. The van der Waals surface area contributed by atoms with Crippen molar-refractivity contribution in [2.75, 3.05) is 6.61 Å². The Morgan fingerprint density at radius 3 is 2.85 bits per heavy atom. The van der Waals surface area contributed by atoms with Gasteiger partial charge in [-0.25, -0.2) is 0 Å². The Bertz CT molecular complexity index is 266. The predicted octanol–water partition coefficient (Wildman–Crippen LogP) is 3.31. The van der Waals surface area contributed by atoms with Gasteiger partial charge in [0.05, 0.1) is 6.61 Å². The second-order valence-corrected chi connectivity index (χ2v) is 2.91. The molecule has 0 unspecified atom stereocenters. The Labute approximate surface area is 80.0 Å². The van der Waals surface area contributed by atoms with Gasteiger partial charge in [0, 0.05) is 5.56 Å². The highest BCUT2D eigenvalue weighted by molar-refractivity contribution is 5.54. The van der Waals surface area contributed by atoms with Crippen molar-refractivity contribution < 1.29 is 4.74 Å². The summed E-state index contributed by atoms with van der Waals surface area (Å²) in [4.78, 5) is 0. The van der Waals surface area contributed by atoms with Crippen LogP contribution in [-0.4, -0.2) is 6.61 Å². The Hall–Kier alpha value is -1.24. The molecular weight excluding hydrogens is 160 g/mol. The monoisotopic (exact) mass is 175 g/mol. The standard InChI is InChI=1S/C12H15O/c1-3-5-10-13-12-9-7-6-8-11(12)4-2/h2,4,6-9H,3,5,10H2,1H3. The maximum absolute atomic E-state index is 5.56. The lowest BCUT2D eigenvalue weighted by atomic mass is 10.2. The molecule has 13 heavy (non-hydrogen) atoms. The zero-order valence-electron chi connectivity index (χ0n) is 7.99. The lowest BCUT2D eigenvalue weighted by molar-refractivity contribution is 0.309. The van der Waals surface area contributed by atoms with Crippen LogP contribution in [0.15, 0.2) is 24.3 Å². The molecule has 0 fully saturated rings. The number of unbranched alkanes of at least 4 members (excludes halogenated alkanes) is 1. The average molecular weight is 175 g/mol. The van der Waals surface area contributed by atoms with Crippen molar-refractivity contribution in [3.05, 3.63) is 36.4 Å². The topological polar surface area (TPSA) is 9.23 Å². The van der Waals surface area contributed by atoms with Crippen molar-refractivity contribution in [2.45, 2.75) is 19.8 Å². The first-order chi connectivity index (χ1) is 6.38. The molecule has 0 aliphatic carbocycles. The molecule has 1 nitrogen and oxygen atoms in total. The molecule has 1 rings (SSSR count). The summed E-state index contributed by atoms with van der Waals surface area (Å²) in [6.45, 7) is 8.36. The molecule has 0 N–H and O–H groups in total. The van der Waals surface area contributed by atoms with Gasteiger partial charge in [0.25, 0.3) is 0 Å². The molecule has 0 spiro atoms. The normalized spacial score (nSPS) is 9.62. The van der Waals surface area contributed by atoms with Crippen molar-refractivity contribution >= 4 is 6.08 Å². The quantitative estimate of drug-likeness (QED) is 0.624. The van der Waals surface area contributed by atoms with Gasteiger partial charge in [-0.2, -0.15) is 0 Å². The smallest absolute Gasteiger partial charge is 0.126 e. The van der Waals surface area contributed by atoms with Crippen molar-refractivity contribution in [3.8, 4) is 5.75 Å². The molecular formula is C12H15O. The molecule has 1 radical (unpaired) electrons. The van der Waals surface area contributed by atoms with E-state index in [-0.39, 0.29) is 0 Å². The van der Waals surface area contributed by atoms with Crippen LogP contribution in [0.25, 0.3) is 6.08 Å². The molecule has 0 aliphatic rings. The van der Waals surface area contributed by atoms with E-state index in [2.05, 4.69) is 6.92 Å². The summed E-state index contributed by atoms with van der Waals surface area (Å²) in [6.07, 6.45) is 3.80. The highest BCUT2D eigenvalue weighted by Gasteiger charge is 1.97. The maximum atomic E-state index is 5.56. The minimum Gasteiger partial charge on any atom is -0.493 e. The third kappa shape index (κ3) is 2.94. The molecule has 0 saturated heterocycles. The Kier molecular flexibility index (Phi) is 4.10. The Balaban J connectivity index is 2.59. The third-order valence-corrected chi connectivity index (χ3v) is 1.85. The second-order valence-electron chi connectivity index (χ2n) is 2.91. The van der Waals surface area contributed by atoms with Crippen LogP contribution in [0, 0.1) is 6.58 Å². The highest BCUT2D eigenvalue weighted by atomic mass is 16.5. The van der Waals surface area contributed by atoms with Crippen molar-refractivity contribution in [1.82, 2.24) is 0 Å². The van der Waals surface area contributed by atoms with E-state index in [0.29, 0.717) is 0 Å². The minimum absolute atomic E-state index is 0.765. The van der Waals surface area contributed by atoms with Gasteiger partial charge in [0.2, 0.25) is 0 Å². The van der Waals surface area contributed by atoms with Gasteiger partial charge in [-0.1, -0.05) is 44.2 Å². The molecule has 1 heteroatoms. The average Bonchev–Trinajstić information content (AvgIpc) is 2.19. The number of benzene rings is 1. The van der Waals surface area contributed by atoms with E-state index in [0.717, 1.165) is 30.8 Å². The number of ether oxygens (including phenoxy) is 1. The van der Waals surface area contributed by atoms with Gasteiger partial charge < -0.3 is 4.74 Å². The van der Waals surface area contributed by atoms with Gasteiger partial charge >= 0.3 is 0 Å². The van der Waals surface area contributed by atoms with Gasteiger partial charge in [-0.05, 0) is 12.5 Å². The Morgan fingerprint density at radius 1 is 1.38 bits per heavy atom. The van der Waals surface area contributed by atoms with Gasteiger partial charge in [-0.15, -0.1) is 0 Å². The summed E-state index contributed by atoms with van der Waals surface area (Å²) in [5, 5.41) is 0. The van der Waals surface area contributed by atoms with Crippen LogP contribution < -0.4 is 4.74 Å². The van der Waals surface area contributed by atoms with Crippen LogP contribution in [0.2, 0.25) is 0 Å². The van der Waals surface area contributed by atoms with E-state index in [1.54, 1.807) is 6.08 Å². The molecule has 0 aromatic heterocycles. The van der Waals surface area contributed by atoms with E-state index >= 15 is 0 Å². The SMILES string of the molecule is [CH]=Cc1ccccc1OCCCC. The molecule has 1 aromatic carbocycles. The van der Waals surface area contributed by atoms with Gasteiger partial charge in [-0.3, -0.25) is 0 Å². The lowest BCUT2D eigenvalue weighted by Gasteiger charge is -2.07. The molecule has 0 amide bonds. The minimum atomic E-state index is 0.765. The molecule has 0 atom stereocenters. The first kappa shape index (κ1) is 9.85. The number of hydrogen-bond acceptors (Lipinski definition) is 1. The summed E-state index contributed by atoms with van der Waals surface area (Å²) in [5.74, 6) is 0.874. The van der Waals surface area contributed by atoms with Crippen LogP contribution in [0.3, 0.4) is 0 Å². The summed E-state index contributed by atoms with van der Waals surface area (Å²) in [7, 11) is 0. The molecule has 0 aliphatic heterocycles. The van der Waals surface area contributed by atoms with E-state index in [1.807, 2.05) is 24.3 Å². The van der Waals surface area contributed by atoms with Crippen molar-refractivity contribution in [2.24, 2.45) is 0 Å². The zero-order valence-corrected chi connectivity index (χ0v) is 7.99. The van der Waals surface area contributed by atoms with Crippen molar-refractivity contribution in [3.63, 3.8) is 0 Å². The molecule has 0 heterocycles. The summed E-state index contributed by atoms with van der Waals surface area (Å²) >= 11 is 0. The number of rotatable bonds is 5. The van der Waals surface area contributed by atoms with E-state index in [4.69, 9.17) is 11.3 Å². The van der Waals surface area contributed by atoms with E-state index in [9.17, 15) is 0 Å². The maximum Gasteiger partial charge on any atom is 0.126 e. The molecule has 1 aromatic rings. The second kappa shape index (κ2) is 5.41. The zero-order chi connectivity index (χ0) is 9.52. The summed E-state index contributed by atoms with van der Waals surface area (Å²) in [6, 6.07) is 7.79. The first-order valence-corrected chi connectivity index (χ1v) is 4.65. The number of hydrogen-bond donors (Lipinski definition) is 0. The van der Waals surface area contributed by atoms with Crippen molar-refractivity contribution in [1.29, 1.82) is 0 Å². The molecule has 0 bridgehead atoms. The van der Waals surface area contributed by atoms with Crippen LogP contribution in [0.5, 0.6) is 5.75 Å². The molecule has 0 saturated carbocycles. The fraction of sp³-hybridized carbons (Fsp3) is 0.333. The largest absolute Gasteiger partial charge is 0.493 e.